The molecule has 0 saturated heterocycles. The zero-order valence-corrected chi connectivity index (χ0v) is 8.22. The Labute approximate surface area is 74.6 Å². The van der Waals surface area contributed by atoms with Gasteiger partial charge in [-0.05, 0) is 33.6 Å². The van der Waals surface area contributed by atoms with E-state index in [-0.39, 0.29) is 5.97 Å². The molecule has 0 N–H and O–H groups in total. The molecule has 0 fully saturated rings. The van der Waals surface area contributed by atoms with Crippen LogP contribution in [-0.2, 0) is 9.53 Å². The SMILES string of the molecule is CC=C(C)CCCC(=O)OCC. The minimum absolute atomic E-state index is 0.0820. The van der Waals surface area contributed by atoms with E-state index in [1.807, 2.05) is 13.8 Å². The fraction of sp³-hybridized carbons (Fsp3) is 0.700. The lowest BCUT2D eigenvalue weighted by Gasteiger charge is -2.01. The summed E-state index contributed by atoms with van der Waals surface area (Å²) in [6, 6.07) is 0. The molecule has 12 heavy (non-hydrogen) atoms. The van der Waals surface area contributed by atoms with Crippen LogP contribution in [0.5, 0.6) is 0 Å². The molecular weight excluding hydrogens is 152 g/mol. The zero-order chi connectivity index (χ0) is 9.40. The summed E-state index contributed by atoms with van der Waals surface area (Å²) in [4.78, 5) is 10.9. The second-order valence-electron chi connectivity index (χ2n) is 2.79. The van der Waals surface area contributed by atoms with Crippen LogP contribution in [0.4, 0.5) is 0 Å². The molecule has 2 nitrogen and oxygen atoms in total. The van der Waals surface area contributed by atoms with Gasteiger partial charge in [-0.3, -0.25) is 4.79 Å². The van der Waals surface area contributed by atoms with Gasteiger partial charge in [0.25, 0.3) is 0 Å². The number of carbonyl (C=O) groups excluding carboxylic acids is 1. The molecule has 0 aliphatic carbocycles. The Bertz CT molecular complexity index is 159. The molecule has 2 heteroatoms. The van der Waals surface area contributed by atoms with Gasteiger partial charge in [-0.1, -0.05) is 11.6 Å². The number of hydrogen-bond acceptors (Lipinski definition) is 2. The Morgan fingerprint density at radius 3 is 2.58 bits per heavy atom. The van der Waals surface area contributed by atoms with Crippen molar-refractivity contribution in [3.63, 3.8) is 0 Å². The van der Waals surface area contributed by atoms with Gasteiger partial charge in [0, 0.05) is 6.42 Å². The molecule has 70 valence electrons. The van der Waals surface area contributed by atoms with Crippen molar-refractivity contribution >= 4 is 5.97 Å². The van der Waals surface area contributed by atoms with Gasteiger partial charge in [0.1, 0.15) is 0 Å². The fourth-order valence-electron chi connectivity index (χ4n) is 0.889. The monoisotopic (exact) mass is 170 g/mol. The molecular formula is C10H18O2. The Morgan fingerprint density at radius 1 is 1.42 bits per heavy atom. The number of rotatable bonds is 5. The summed E-state index contributed by atoms with van der Waals surface area (Å²) in [5.41, 5.74) is 1.33. The molecule has 0 aromatic carbocycles. The van der Waals surface area contributed by atoms with Crippen molar-refractivity contribution in [2.75, 3.05) is 6.61 Å². The molecule has 0 rings (SSSR count). The summed E-state index contributed by atoms with van der Waals surface area (Å²) in [6.45, 7) is 6.40. The summed E-state index contributed by atoms with van der Waals surface area (Å²) in [5.74, 6) is -0.0820. The average Bonchev–Trinajstić information content (AvgIpc) is 2.04. The van der Waals surface area contributed by atoms with E-state index in [4.69, 9.17) is 4.74 Å². The van der Waals surface area contributed by atoms with Crippen LogP contribution in [0.15, 0.2) is 11.6 Å². The summed E-state index contributed by atoms with van der Waals surface area (Å²) >= 11 is 0. The van der Waals surface area contributed by atoms with Gasteiger partial charge in [0.05, 0.1) is 6.61 Å². The van der Waals surface area contributed by atoms with E-state index in [0.717, 1.165) is 12.8 Å². The van der Waals surface area contributed by atoms with Gasteiger partial charge >= 0.3 is 5.97 Å². The first-order chi connectivity index (χ1) is 5.70. The Kier molecular flexibility index (Phi) is 6.44. The molecule has 0 atom stereocenters. The van der Waals surface area contributed by atoms with Crippen molar-refractivity contribution in [2.45, 2.75) is 40.0 Å². The van der Waals surface area contributed by atoms with E-state index < -0.39 is 0 Å². The summed E-state index contributed by atoms with van der Waals surface area (Å²) in [6.07, 6.45) is 4.51. The highest BCUT2D eigenvalue weighted by molar-refractivity contribution is 5.69. The fourth-order valence-corrected chi connectivity index (χ4v) is 0.889. The van der Waals surface area contributed by atoms with Crippen molar-refractivity contribution in [2.24, 2.45) is 0 Å². The quantitative estimate of drug-likeness (QED) is 0.468. The topological polar surface area (TPSA) is 26.3 Å². The number of allylic oxidation sites excluding steroid dienone is 2. The molecule has 0 aromatic rings. The first kappa shape index (κ1) is 11.2. The first-order valence-electron chi connectivity index (χ1n) is 4.48. The van der Waals surface area contributed by atoms with Crippen molar-refractivity contribution < 1.29 is 9.53 Å². The van der Waals surface area contributed by atoms with Gasteiger partial charge in [0.15, 0.2) is 0 Å². The normalized spacial score (nSPS) is 11.4. The second kappa shape index (κ2) is 6.89. The number of ether oxygens (including phenoxy) is 1. The van der Waals surface area contributed by atoms with Gasteiger partial charge in [-0.2, -0.15) is 0 Å². The maximum Gasteiger partial charge on any atom is 0.305 e. The van der Waals surface area contributed by atoms with Crippen LogP contribution in [0, 0.1) is 0 Å². The molecule has 0 aliphatic heterocycles. The molecule has 0 radical (unpaired) electrons. The van der Waals surface area contributed by atoms with E-state index >= 15 is 0 Å². The largest absolute Gasteiger partial charge is 0.466 e. The van der Waals surface area contributed by atoms with E-state index in [9.17, 15) is 4.79 Å². The smallest absolute Gasteiger partial charge is 0.305 e. The van der Waals surface area contributed by atoms with Gasteiger partial charge < -0.3 is 4.74 Å². The first-order valence-corrected chi connectivity index (χ1v) is 4.48. The van der Waals surface area contributed by atoms with Crippen molar-refractivity contribution in [1.82, 2.24) is 0 Å². The van der Waals surface area contributed by atoms with Gasteiger partial charge in [-0.15, -0.1) is 0 Å². The highest BCUT2D eigenvalue weighted by Gasteiger charge is 2.00. The molecule has 0 saturated carbocycles. The third kappa shape index (κ3) is 5.96. The van der Waals surface area contributed by atoms with E-state index in [1.165, 1.54) is 5.57 Å². The van der Waals surface area contributed by atoms with Crippen molar-refractivity contribution in [1.29, 1.82) is 0 Å². The molecule has 0 aromatic heterocycles. The predicted molar refractivity (Wildman–Crippen MR) is 49.9 cm³/mol. The average molecular weight is 170 g/mol. The summed E-state index contributed by atoms with van der Waals surface area (Å²) in [5, 5.41) is 0. The van der Waals surface area contributed by atoms with Crippen LogP contribution >= 0.6 is 0 Å². The summed E-state index contributed by atoms with van der Waals surface area (Å²) in [7, 11) is 0. The maximum atomic E-state index is 10.9. The molecule has 0 spiro atoms. The van der Waals surface area contributed by atoms with Crippen LogP contribution in [-0.4, -0.2) is 12.6 Å². The second-order valence-corrected chi connectivity index (χ2v) is 2.79. The Balaban J connectivity index is 3.37. The Hall–Kier alpha value is -0.790. The number of esters is 1. The van der Waals surface area contributed by atoms with Crippen LogP contribution in [0.1, 0.15) is 40.0 Å². The Morgan fingerprint density at radius 2 is 2.08 bits per heavy atom. The molecule has 0 unspecified atom stereocenters. The van der Waals surface area contributed by atoms with Crippen molar-refractivity contribution in [3.05, 3.63) is 11.6 Å². The van der Waals surface area contributed by atoms with Crippen LogP contribution in [0.3, 0.4) is 0 Å². The number of hydrogen-bond donors (Lipinski definition) is 0. The van der Waals surface area contributed by atoms with E-state index in [2.05, 4.69) is 13.0 Å². The van der Waals surface area contributed by atoms with Gasteiger partial charge in [-0.25, -0.2) is 0 Å². The maximum absolute atomic E-state index is 10.9. The van der Waals surface area contributed by atoms with Crippen LogP contribution in [0.25, 0.3) is 0 Å². The highest BCUT2D eigenvalue weighted by atomic mass is 16.5. The van der Waals surface area contributed by atoms with Crippen LogP contribution < -0.4 is 0 Å². The van der Waals surface area contributed by atoms with Gasteiger partial charge in [0.2, 0.25) is 0 Å². The predicted octanol–water partition coefficient (Wildman–Crippen LogP) is 2.69. The minimum atomic E-state index is -0.0820. The lowest BCUT2D eigenvalue weighted by atomic mass is 10.1. The lowest BCUT2D eigenvalue weighted by Crippen LogP contribution is -2.03. The lowest BCUT2D eigenvalue weighted by molar-refractivity contribution is -0.143. The molecule has 0 aliphatic rings. The van der Waals surface area contributed by atoms with E-state index in [0.29, 0.717) is 13.0 Å². The van der Waals surface area contributed by atoms with Crippen LogP contribution in [0.2, 0.25) is 0 Å². The third-order valence-electron chi connectivity index (χ3n) is 1.75. The zero-order valence-electron chi connectivity index (χ0n) is 8.22. The third-order valence-corrected chi connectivity index (χ3v) is 1.75. The standard InChI is InChI=1S/C10H18O2/c1-4-9(3)7-6-8-10(11)12-5-2/h4H,5-8H2,1-3H3. The minimum Gasteiger partial charge on any atom is -0.466 e. The van der Waals surface area contributed by atoms with Crippen molar-refractivity contribution in [3.8, 4) is 0 Å². The molecule has 0 amide bonds. The summed E-state index contributed by atoms with van der Waals surface area (Å²) < 4.78 is 4.80. The highest BCUT2D eigenvalue weighted by Crippen LogP contribution is 2.06. The molecule has 0 bridgehead atoms. The molecule has 0 heterocycles. The van der Waals surface area contributed by atoms with E-state index in [1.54, 1.807) is 0 Å². The number of carbonyl (C=O) groups is 1.